The summed E-state index contributed by atoms with van der Waals surface area (Å²) in [6.07, 6.45) is 6.12. The molecular formula is C21H26N2O4. The fourth-order valence-corrected chi connectivity index (χ4v) is 4.48. The van der Waals surface area contributed by atoms with Gasteiger partial charge in [-0.2, -0.15) is 0 Å². The monoisotopic (exact) mass is 370 g/mol. The van der Waals surface area contributed by atoms with E-state index in [0.29, 0.717) is 17.6 Å². The Morgan fingerprint density at radius 1 is 1.22 bits per heavy atom. The maximum Gasteiger partial charge on any atom is 0.244 e. The highest BCUT2D eigenvalue weighted by Gasteiger charge is 2.42. The molecule has 0 aromatic heterocycles. The zero-order chi connectivity index (χ0) is 19.0. The molecule has 1 aromatic carbocycles. The van der Waals surface area contributed by atoms with E-state index in [4.69, 9.17) is 9.47 Å². The molecule has 2 amide bonds. The number of nitrogens with one attached hydrogen (secondary N) is 2. The first-order chi connectivity index (χ1) is 13.0. The molecule has 2 N–H and O–H groups in total. The molecule has 2 heterocycles. The Bertz CT molecular complexity index is 775. The Hall–Kier alpha value is -2.50. The summed E-state index contributed by atoms with van der Waals surface area (Å²) < 4.78 is 10.6. The SMILES string of the molecule is CC1C(=O)NC2CC(NC(=O)/C=C\c3ccc4c(c3)OCO4)CCC2C1C. The van der Waals surface area contributed by atoms with Crippen molar-refractivity contribution in [1.82, 2.24) is 10.6 Å². The van der Waals surface area contributed by atoms with E-state index < -0.39 is 0 Å². The Balaban J connectivity index is 1.33. The summed E-state index contributed by atoms with van der Waals surface area (Å²) in [7, 11) is 0. The van der Waals surface area contributed by atoms with Crippen LogP contribution in [0.1, 0.15) is 38.7 Å². The zero-order valence-electron chi connectivity index (χ0n) is 15.7. The van der Waals surface area contributed by atoms with E-state index in [9.17, 15) is 9.59 Å². The van der Waals surface area contributed by atoms with Crippen molar-refractivity contribution in [3.05, 3.63) is 29.8 Å². The predicted molar refractivity (Wildman–Crippen MR) is 101 cm³/mol. The number of fused-ring (bicyclic) bond motifs is 2. The van der Waals surface area contributed by atoms with Gasteiger partial charge in [-0.25, -0.2) is 0 Å². The van der Waals surface area contributed by atoms with E-state index in [-0.39, 0.29) is 36.6 Å². The Morgan fingerprint density at radius 2 is 2.04 bits per heavy atom. The van der Waals surface area contributed by atoms with Crippen molar-refractivity contribution < 1.29 is 19.1 Å². The van der Waals surface area contributed by atoms with Gasteiger partial charge in [0.25, 0.3) is 0 Å². The van der Waals surface area contributed by atoms with Crippen LogP contribution in [0.15, 0.2) is 24.3 Å². The second-order valence-electron chi connectivity index (χ2n) is 7.89. The number of hydrogen-bond donors (Lipinski definition) is 2. The van der Waals surface area contributed by atoms with Gasteiger partial charge in [0.15, 0.2) is 11.5 Å². The minimum Gasteiger partial charge on any atom is -0.454 e. The number of hydrogen-bond acceptors (Lipinski definition) is 4. The second-order valence-corrected chi connectivity index (χ2v) is 7.89. The van der Waals surface area contributed by atoms with E-state index in [1.54, 1.807) is 12.2 Å². The molecule has 2 aliphatic heterocycles. The van der Waals surface area contributed by atoms with Gasteiger partial charge in [0, 0.05) is 24.1 Å². The lowest BCUT2D eigenvalue weighted by atomic mass is 9.68. The van der Waals surface area contributed by atoms with Crippen molar-refractivity contribution in [2.45, 2.75) is 45.2 Å². The zero-order valence-corrected chi connectivity index (χ0v) is 15.7. The molecule has 6 heteroatoms. The summed E-state index contributed by atoms with van der Waals surface area (Å²) in [5.41, 5.74) is 0.889. The highest BCUT2D eigenvalue weighted by atomic mass is 16.7. The van der Waals surface area contributed by atoms with E-state index in [1.807, 2.05) is 25.1 Å². The van der Waals surface area contributed by atoms with Gasteiger partial charge >= 0.3 is 0 Å². The van der Waals surface area contributed by atoms with Crippen LogP contribution < -0.4 is 20.1 Å². The van der Waals surface area contributed by atoms with Gasteiger partial charge in [-0.15, -0.1) is 0 Å². The van der Waals surface area contributed by atoms with Crippen LogP contribution in [0.2, 0.25) is 0 Å². The van der Waals surface area contributed by atoms with Gasteiger partial charge in [0.1, 0.15) is 0 Å². The molecule has 1 aliphatic carbocycles. The Morgan fingerprint density at radius 3 is 2.89 bits per heavy atom. The van der Waals surface area contributed by atoms with Crippen molar-refractivity contribution in [3.63, 3.8) is 0 Å². The minimum atomic E-state index is -0.111. The lowest BCUT2D eigenvalue weighted by Gasteiger charge is -2.45. The number of piperidine rings is 1. The maximum absolute atomic E-state index is 12.3. The molecule has 5 unspecified atom stereocenters. The molecule has 2 fully saturated rings. The predicted octanol–water partition coefficient (Wildman–Crippen LogP) is 2.48. The smallest absolute Gasteiger partial charge is 0.244 e. The average Bonchev–Trinajstić information content (AvgIpc) is 3.12. The summed E-state index contributed by atoms with van der Waals surface area (Å²) >= 11 is 0. The summed E-state index contributed by atoms with van der Waals surface area (Å²) in [6, 6.07) is 5.86. The molecule has 0 spiro atoms. The van der Waals surface area contributed by atoms with Crippen molar-refractivity contribution in [2.24, 2.45) is 17.8 Å². The van der Waals surface area contributed by atoms with Gasteiger partial charge in [0.05, 0.1) is 0 Å². The summed E-state index contributed by atoms with van der Waals surface area (Å²) in [6.45, 7) is 4.42. The summed E-state index contributed by atoms with van der Waals surface area (Å²) in [4.78, 5) is 24.4. The fraction of sp³-hybridized carbons (Fsp3) is 0.524. The second kappa shape index (κ2) is 7.25. The maximum atomic E-state index is 12.3. The molecule has 6 nitrogen and oxygen atoms in total. The molecule has 1 aromatic rings. The third-order valence-electron chi connectivity index (χ3n) is 6.28. The molecule has 4 rings (SSSR count). The van der Waals surface area contributed by atoms with Gasteiger partial charge < -0.3 is 20.1 Å². The molecule has 144 valence electrons. The highest BCUT2D eigenvalue weighted by Crippen LogP contribution is 2.37. The van der Waals surface area contributed by atoms with E-state index in [1.165, 1.54) is 0 Å². The normalized spacial score (nSPS) is 32.1. The summed E-state index contributed by atoms with van der Waals surface area (Å²) in [5.74, 6) is 2.43. The minimum absolute atomic E-state index is 0.0713. The van der Waals surface area contributed by atoms with Crippen LogP contribution in [-0.2, 0) is 9.59 Å². The van der Waals surface area contributed by atoms with Crippen LogP contribution in [0.5, 0.6) is 11.5 Å². The molecular weight excluding hydrogens is 344 g/mol. The number of amides is 2. The first-order valence-electron chi connectivity index (χ1n) is 9.70. The van der Waals surface area contributed by atoms with Crippen LogP contribution in [0.4, 0.5) is 0 Å². The van der Waals surface area contributed by atoms with E-state index >= 15 is 0 Å². The number of carbonyl (C=O) groups excluding carboxylic acids is 2. The third-order valence-corrected chi connectivity index (χ3v) is 6.28. The first kappa shape index (κ1) is 17.9. The van der Waals surface area contributed by atoms with Crippen molar-refractivity contribution in [1.29, 1.82) is 0 Å². The van der Waals surface area contributed by atoms with Crippen molar-refractivity contribution in [2.75, 3.05) is 6.79 Å². The fourth-order valence-electron chi connectivity index (χ4n) is 4.48. The molecule has 1 saturated carbocycles. The number of carbonyl (C=O) groups is 2. The standard InChI is InChI=1S/C21H26N2O4/c1-12-13(2)21(25)23-17-10-15(5-6-16(12)17)22-20(24)8-4-14-3-7-18-19(9-14)27-11-26-18/h3-4,7-9,12-13,15-17H,5-6,10-11H2,1-2H3,(H,22,24)(H,23,25)/b8-4-. The third kappa shape index (κ3) is 3.66. The van der Waals surface area contributed by atoms with Crippen molar-refractivity contribution >= 4 is 17.9 Å². The molecule has 5 atom stereocenters. The molecule has 0 bridgehead atoms. The molecule has 27 heavy (non-hydrogen) atoms. The van der Waals surface area contributed by atoms with Crippen LogP contribution in [0.25, 0.3) is 6.08 Å². The van der Waals surface area contributed by atoms with Crippen LogP contribution in [-0.4, -0.2) is 30.7 Å². The van der Waals surface area contributed by atoms with E-state index in [0.717, 1.165) is 30.6 Å². The summed E-state index contributed by atoms with van der Waals surface area (Å²) in [5, 5.41) is 6.23. The quantitative estimate of drug-likeness (QED) is 0.802. The molecule has 0 radical (unpaired) electrons. The lowest BCUT2D eigenvalue weighted by Crippen LogP contribution is -2.57. The van der Waals surface area contributed by atoms with Crippen molar-refractivity contribution in [3.8, 4) is 11.5 Å². The van der Waals surface area contributed by atoms with Gasteiger partial charge in [-0.05, 0) is 54.9 Å². The molecule has 1 saturated heterocycles. The Kier molecular flexibility index (Phi) is 4.81. The highest BCUT2D eigenvalue weighted by molar-refractivity contribution is 5.92. The number of benzene rings is 1. The Labute approximate surface area is 159 Å². The molecule has 3 aliphatic rings. The number of ether oxygens (including phenoxy) is 2. The first-order valence-corrected chi connectivity index (χ1v) is 9.70. The van der Waals surface area contributed by atoms with Crippen LogP contribution in [0, 0.1) is 17.8 Å². The van der Waals surface area contributed by atoms with Crippen LogP contribution >= 0.6 is 0 Å². The lowest BCUT2D eigenvalue weighted by molar-refractivity contribution is -0.132. The van der Waals surface area contributed by atoms with Gasteiger partial charge in [0.2, 0.25) is 18.6 Å². The topological polar surface area (TPSA) is 76.7 Å². The average molecular weight is 370 g/mol. The largest absolute Gasteiger partial charge is 0.454 e. The van der Waals surface area contributed by atoms with Gasteiger partial charge in [-0.1, -0.05) is 19.9 Å². The number of rotatable bonds is 3. The van der Waals surface area contributed by atoms with Gasteiger partial charge in [-0.3, -0.25) is 9.59 Å². The van der Waals surface area contributed by atoms with Crippen LogP contribution in [0.3, 0.4) is 0 Å². The van der Waals surface area contributed by atoms with E-state index in [2.05, 4.69) is 17.6 Å².